The number of aliphatic hydroxyl groups is 1. The van der Waals surface area contributed by atoms with Crippen LogP contribution in [0.25, 0.3) is 0 Å². The molecule has 0 bridgehead atoms. The Morgan fingerprint density at radius 3 is 2.18 bits per heavy atom. The van der Waals surface area contributed by atoms with E-state index in [-0.39, 0.29) is 42.8 Å². The zero-order valence-corrected chi connectivity index (χ0v) is 19.3. The van der Waals surface area contributed by atoms with E-state index in [2.05, 4.69) is 15.6 Å². The molecule has 6 nitrogen and oxygen atoms in total. The zero-order valence-electron chi connectivity index (χ0n) is 16.1. The maximum Gasteiger partial charge on any atom is 0.191 e. The van der Waals surface area contributed by atoms with Crippen LogP contribution in [-0.4, -0.2) is 44.9 Å². The maximum absolute atomic E-state index is 12.3. The highest BCUT2D eigenvalue weighted by Crippen LogP contribution is 2.20. The van der Waals surface area contributed by atoms with Gasteiger partial charge in [0.05, 0.1) is 17.2 Å². The van der Waals surface area contributed by atoms with Gasteiger partial charge in [0.25, 0.3) is 0 Å². The van der Waals surface area contributed by atoms with Gasteiger partial charge in [-0.05, 0) is 31.5 Å². The van der Waals surface area contributed by atoms with E-state index in [4.69, 9.17) is 0 Å². The molecule has 2 aromatic rings. The molecule has 1 unspecified atom stereocenters. The third-order valence-corrected chi connectivity index (χ3v) is 5.78. The fraction of sp³-hybridized carbons (Fsp3) is 0.350. The van der Waals surface area contributed by atoms with Crippen molar-refractivity contribution >= 4 is 39.8 Å². The van der Waals surface area contributed by atoms with Gasteiger partial charge in [0.1, 0.15) is 5.60 Å². The summed E-state index contributed by atoms with van der Waals surface area (Å²) in [5, 5.41) is 16.7. The van der Waals surface area contributed by atoms with Crippen LogP contribution in [0.1, 0.15) is 19.4 Å². The molecule has 0 saturated heterocycles. The molecule has 0 saturated carbocycles. The summed E-state index contributed by atoms with van der Waals surface area (Å²) in [6.45, 7) is 4.63. The van der Waals surface area contributed by atoms with Gasteiger partial charge in [0, 0.05) is 13.1 Å². The Kier molecular flexibility index (Phi) is 9.91. The van der Waals surface area contributed by atoms with Crippen LogP contribution in [0, 0.1) is 0 Å². The van der Waals surface area contributed by atoms with E-state index >= 15 is 0 Å². The lowest BCUT2D eigenvalue weighted by molar-refractivity contribution is 0.0672. The van der Waals surface area contributed by atoms with E-state index < -0.39 is 15.4 Å². The quantitative estimate of drug-likeness (QED) is 0.285. The Labute approximate surface area is 184 Å². The van der Waals surface area contributed by atoms with Crippen LogP contribution in [0.2, 0.25) is 0 Å². The van der Waals surface area contributed by atoms with Gasteiger partial charge in [-0.3, -0.25) is 0 Å². The Hall–Kier alpha value is -1.65. The number of nitrogens with one attached hydrogen (secondary N) is 2. The summed E-state index contributed by atoms with van der Waals surface area (Å²) in [6, 6.07) is 17.7. The van der Waals surface area contributed by atoms with E-state index in [0.29, 0.717) is 17.4 Å². The minimum absolute atomic E-state index is 0. The number of sulfone groups is 1. The van der Waals surface area contributed by atoms with Gasteiger partial charge in [-0.15, -0.1) is 24.0 Å². The molecule has 8 heteroatoms. The lowest BCUT2D eigenvalue weighted by Crippen LogP contribution is -2.40. The number of hydrogen-bond donors (Lipinski definition) is 3. The summed E-state index contributed by atoms with van der Waals surface area (Å²) in [4.78, 5) is 4.71. The molecule has 0 heterocycles. The molecule has 2 aromatic carbocycles. The minimum Gasteiger partial charge on any atom is -0.384 e. The summed E-state index contributed by atoms with van der Waals surface area (Å²) in [7, 11) is -3.35. The molecule has 0 aromatic heterocycles. The summed E-state index contributed by atoms with van der Waals surface area (Å²) in [5.74, 6) is 0.424. The van der Waals surface area contributed by atoms with Gasteiger partial charge >= 0.3 is 0 Å². The Morgan fingerprint density at radius 1 is 1.04 bits per heavy atom. The van der Waals surface area contributed by atoms with E-state index in [1.54, 1.807) is 37.3 Å². The van der Waals surface area contributed by atoms with Crippen LogP contribution < -0.4 is 10.6 Å². The van der Waals surface area contributed by atoms with Crippen molar-refractivity contribution in [1.29, 1.82) is 0 Å². The van der Waals surface area contributed by atoms with Crippen molar-refractivity contribution < 1.29 is 13.5 Å². The zero-order chi connectivity index (χ0) is 19.8. The molecule has 0 spiro atoms. The largest absolute Gasteiger partial charge is 0.384 e. The van der Waals surface area contributed by atoms with Crippen LogP contribution in [-0.2, 0) is 15.4 Å². The normalized spacial score (nSPS) is 13.9. The summed E-state index contributed by atoms with van der Waals surface area (Å²) in [5.41, 5.74) is -0.337. The Balaban J connectivity index is 0.00000392. The van der Waals surface area contributed by atoms with Gasteiger partial charge < -0.3 is 15.7 Å². The monoisotopic (exact) mass is 517 g/mol. The van der Waals surface area contributed by atoms with Crippen molar-refractivity contribution in [2.24, 2.45) is 4.99 Å². The van der Waals surface area contributed by atoms with Gasteiger partial charge in [0.15, 0.2) is 15.8 Å². The minimum atomic E-state index is -3.35. The summed E-state index contributed by atoms with van der Waals surface area (Å²) < 4.78 is 24.7. The van der Waals surface area contributed by atoms with Crippen molar-refractivity contribution in [1.82, 2.24) is 10.6 Å². The van der Waals surface area contributed by atoms with Crippen molar-refractivity contribution in [2.75, 3.05) is 25.4 Å². The van der Waals surface area contributed by atoms with E-state index in [0.717, 1.165) is 5.56 Å². The van der Waals surface area contributed by atoms with E-state index in [9.17, 15) is 13.5 Å². The average molecular weight is 517 g/mol. The predicted octanol–water partition coefficient (Wildman–Crippen LogP) is 2.54. The lowest BCUT2D eigenvalue weighted by atomic mass is 9.96. The van der Waals surface area contributed by atoms with Crippen LogP contribution in [0.3, 0.4) is 0 Å². The van der Waals surface area contributed by atoms with E-state index in [1.165, 1.54) is 0 Å². The summed E-state index contributed by atoms with van der Waals surface area (Å²) in [6.07, 6.45) is 0. The lowest BCUT2D eigenvalue weighted by Gasteiger charge is -2.22. The molecule has 0 amide bonds. The third-order valence-electron chi connectivity index (χ3n) is 4.05. The first-order valence-corrected chi connectivity index (χ1v) is 10.6. The number of rotatable bonds is 8. The number of nitrogens with zero attached hydrogens (tertiary/aromatic N) is 1. The van der Waals surface area contributed by atoms with Crippen LogP contribution in [0.5, 0.6) is 0 Å². The average Bonchev–Trinajstić information content (AvgIpc) is 2.67. The van der Waals surface area contributed by atoms with Gasteiger partial charge in [-0.25, -0.2) is 13.4 Å². The van der Waals surface area contributed by atoms with Crippen LogP contribution in [0.4, 0.5) is 0 Å². The Bertz CT molecular complexity index is 842. The summed E-state index contributed by atoms with van der Waals surface area (Å²) >= 11 is 0. The fourth-order valence-electron chi connectivity index (χ4n) is 2.51. The molecule has 28 heavy (non-hydrogen) atoms. The molecule has 0 aliphatic rings. The standard InChI is InChI=1S/C20H27N3O3S.HI/c1-3-21-19(23-16-20(2,24)17-10-6-4-7-11-17)22-14-15-27(25,26)18-12-8-5-9-13-18;/h4-13,24H,3,14-16H2,1-2H3,(H2,21,22,23);1H. The first-order chi connectivity index (χ1) is 12.8. The highest BCUT2D eigenvalue weighted by Gasteiger charge is 2.22. The van der Waals surface area contributed by atoms with Gasteiger partial charge in [-0.2, -0.15) is 0 Å². The molecular weight excluding hydrogens is 489 g/mol. The van der Waals surface area contributed by atoms with Crippen molar-refractivity contribution in [3.05, 3.63) is 66.2 Å². The molecular formula is C20H28IN3O3S. The second kappa shape index (κ2) is 11.4. The highest BCUT2D eigenvalue weighted by atomic mass is 127. The molecule has 0 aliphatic heterocycles. The van der Waals surface area contributed by atoms with Gasteiger partial charge in [0.2, 0.25) is 0 Å². The molecule has 0 radical (unpaired) electrons. The molecule has 3 N–H and O–H groups in total. The molecule has 154 valence electrons. The SMILES string of the molecule is CCNC(=NCC(C)(O)c1ccccc1)NCCS(=O)(=O)c1ccccc1.I. The fourth-order valence-corrected chi connectivity index (χ4v) is 3.69. The van der Waals surface area contributed by atoms with Crippen molar-refractivity contribution in [2.45, 2.75) is 24.3 Å². The molecule has 2 rings (SSSR count). The smallest absolute Gasteiger partial charge is 0.191 e. The van der Waals surface area contributed by atoms with Crippen LogP contribution >= 0.6 is 24.0 Å². The highest BCUT2D eigenvalue weighted by molar-refractivity contribution is 14.0. The van der Waals surface area contributed by atoms with Crippen molar-refractivity contribution in [3.63, 3.8) is 0 Å². The molecule has 1 atom stereocenters. The predicted molar refractivity (Wildman–Crippen MR) is 124 cm³/mol. The topological polar surface area (TPSA) is 90.8 Å². The maximum atomic E-state index is 12.3. The second-order valence-corrected chi connectivity index (χ2v) is 8.50. The molecule has 0 fully saturated rings. The first-order valence-electron chi connectivity index (χ1n) is 8.93. The number of halogens is 1. The number of guanidine groups is 1. The third kappa shape index (κ3) is 7.40. The van der Waals surface area contributed by atoms with E-state index in [1.807, 2.05) is 37.3 Å². The second-order valence-electron chi connectivity index (χ2n) is 6.39. The number of hydrogen-bond acceptors (Lipinski definition) is 4. The van der Waals surface area contributed by atoms with Crippen LogP contribution in [0.15, 0.2) is 70.6 Å². The number of aliphatic imine (C=N–C) groups is 1. The first kappa shape index (κ1) is 24.4. The number of benzene rings is 2. The van der Waals surface area contributed by atoms with Gasteiger partial charge in [-0.1, -0.05) is 48.5 Å². The Morgan fingerprint density at radius 2 is 1.61 bits per heavy atom. The molecule has 0 aliphatic carbocycles. The van der Waals surface area contributed by atoms with Crippen molar-refractivity contribution in [3.8, 4) is 0 Å².